The number of thiophene rings is 1. The van der Waals surface area contributed by atoms with Gasteiger partial charge >= 0.3 is 0 Å². The molecular formula is C12H15NO2S. The van der Waals surface area contributed by atoms with Crippen molar-refractivity contribution in [2.24, 2.45) is 0 Å². The van der Waals surface area contributed by atoms with Gasteiger partial charge in [-0.15, -0.1) is 11.3 Å². The van der Waals surface area contributed by atoms with E-state index >= 15 is 0 Å². The van der Waals surface area contributed by atoms with Crippen LogP contribution < -0.4 is 5.32 Å². The molecule has 0 saturated carbocycles. The van der Waals surface area contributed by atoms with Crippen LogP contribution in [0.15, 0.2) is 40.3 Å². The Balaban J connectivity index is 1.85. The lowest BCUT2D eigenvalue weighted by atomic mass is 10.1. The smallest absolute Gasteiger partial charge is 0.117 e. The second-order valence-electron chi connectivity index (χ2n) is 3.93. The molecule has 0 saturated heterocycles. The first-order valence-corrected chi connectivity index (χ1v) is 6.06. The summed E-state index contributed by atoms with van der Waals surface area (Å²) in [5.41, 5.74) is -0.819. The van der Waals surface area contributed by atoms with Crippen molar-refractivity contribution in [2.45, 2.75) is 19.1 Å². The third-order valence-electron chi connectivity index (χ3n) is 2.40. The average molecular weight is 237 g/mol. The van der Waals surface area contributed by atoms with Gasteiger partial charge in [-0.25, -0.2) is 0 Å². The van der Waals surface area contributed by atoms with E-state index in [1.807, 2.05) is 36.6 Å². The van der Waals surface area contributed by atoms with Gasteiger partial charge in [-0.2, -0.15) is 0 Å². The van der Waals surface area contributed by atoms with Crippen molar-refractivity contribution in [1.29, 1.82) is 0 Å². The van der Waals surface area contributed by atoms with E-state index in [2.05, 4.69) is 5.32 Å². The summed E-state index contributed by atoms with van der Waals surface area (Å²) in [6.07, 6.45) is 1.65. The van der Waals surface area contributed by atoms with Crippen molar-refractivity contribution in [3.8, 4) is 0 Å². The lowest BCUT2D eigenvalue weighted by Gasteiger charge is -2.22. The SMILES string of the molecule is CC(O)(CNCc1ccco1)c1cccs1. The van der Waals surface area contributed by atoms with Crippen molar-refractivity contribution in [1.82, 2.24) is 5.32 Å². The highest BCUT2D eigenvalue weighted by Crippen LogP contribution is 2.24. The number of hydrogen-bond donors (Lipinski definition) is 2. The fourth-order valence-electron chi connectivity index (χ4n) is 1.51. The van der Waals surface area contributed by atoms with Crippen LogP contribution in [0.2, 0.25) is 0 Å². The Labute approximate surface area is 98.7 Å². The molecule has 2 heterocycles. The molecular weight excluding hydrogens is 222 g/mol. The first-order valence-electron chi connectivity index (χ1n) is 5.18. The Morgan fingerprint density at radius 1 is 1.44 bits per heavy atom. The molecule has 4 heteroatoms. The third-order valence-corrected chi connectivity index (χ3v) is 3.52. The molecule has 0 aliphatic rings. The maximum atomic E-state index is 10.2. The maximum Gasteiger partial charge on any atom is 0.117 e. The normalized spacial score (nSPS) is 14.9. The van der Waals surface area contributed by atoms with Crippen LogP contribution in [-0.2, 0) is 12.1 Å². The Hall–Kier alpha value is -1.10. The van der Waals surface area contributed by atoms with Gasteiger partial charge in [0, 0.05) is 11.4 Å². The van der Waals surface area contributed by atoms with Crippen molar-refractivity contribution in [3.05, 3.63) is 46.5 Å². The molecule has 0 bridgehead atoms. The highest BCUT2D eigenvalue weighted by Gasteiger charge is 2.23. The molecule has 2 aromatic heterocycles. The average Bonchev–Trinajstić information content (AvgIpc) is 2.90. The van der Waals surface area contributed by atoms with Gasteiger partial charge in [0.15, 0.2) is 0 Å². The van der Waals surface area contributed by atoms with Crippen LogP contribution in [0.4, 0.5) is 0 Å². The molecule has 1 atom stereocenters. The number of furan rings is 1. The van der Waals surface area contributed by atoms with Crippen LogP contribution in [0.1, 0.15) is 17.6 Å². The Morgan fingerprint density at radius 3 is 2.94 bits per heavy atom. The van der Waals surface area contributed by atoms with Gasteiger partial charge in [-0.3, -0.25) is 0 Å². The fraction of sp³-hybridized carbons (Fsp3) is 0.333. The van der Waals surface area contributed by atoms with Gasteiger partial charge in [0.1, 0.15) is 11.4 Å². The molecule has 0 amide bonds. The van der Waals surface area contributed by atoms with Gasteiger partial charge in [-0.1, -0.05) is 6.07 Å². The molecule has 16 heavy (non-hydrogen) atoms. The number of nitrogens with one attached hydrogen (secondary N) is 1. The van der Waals surface area contributed by atoms with Crippen molar-refractivity contribution in [3.63, 3.8) is 0 Å². The molecule has 0 fully saturated rings. The number of hydrogen-bond acceptors (Lipinski definition) is 4. The topological polar surface area (TPSA) is 45.4 Å². The van der Waals surface area contributed by atoms with E-state index < -0.39 is 5.60 Å². The Bertz CT molecular complexity index is 406. The maximum absolute atomic E-state index is 10.2. The van der Waals surface area contributed by atoms with E-state index in [-0.39, 0.29) is 0 Å². The quantitative estimate of drug-likeness (QED) is 0.839. The van der Waals surface area contributed by atoms with Crippen LogP contribution in [0.25, 0.3) is 0 Å². The highest BCUT2D eigenvalue weighted by molar-refractivity contribution is 7.10. The van der Waals surface area contributed by atoms with E-state index in [0.29, 0.717) is 13.1 Å². The fourth-order valence-corrected chi connectivity index (χ4v) is 2.30. The summed E-state index contributed by atoms with van der Waals surface area (Å²) in [4.78, 5) is 0.972. The van der Waals surface area contributed by atoms with Crippen LogP contribution in [0.3, 0.4) is 0 Å². The largest absolute Gasteiger partial charge is 0.468 e. The van der Waals surface area contributed by atoms with Crippen molar-refractivity contribution < 1.29 is 9.52 Å². The van der Waals surface area contributed by atoms with E-state index in [4.69, 9.17) is 4.42 Å². The Morgan fingerprint density at radius 2 is 2.31 bits per heavy atom. The summed E-state index contributed by atoms with van der Waals surface area (Å²) in [6, 6.07) is 7.65. The van der Waals surface area contributed by atoms with Gasteiger partial charge in [0.05, 0.1) is 12.8 Å². The van der Waals surface area contributed by atoms with E-state index in [9.17, 15) is 5.11 Å². The first kappa shape index (κ1) is 11.4. The van der Waals surface area contributed by atoms with Gasteiger partial charge in [0.25, 0.3) is 0 Å². The minimum Gasteiger partial charge on any atom is -0.468 e. The van der Waals surface area contributed by atoms with Gasteiger partial charge in [0.2, 0.25) is 0 Å². The van der Waals surface area contributed by atoms with Crippen LogP contribution in [0, 0.1) is 0 Å². The van der Waals surface area contributed by atoms with E-state index in [1.54, 1.807) is 17.6 Å². The molecule has 2 rings (SSSR count). The zero-order chi connectivity index (χ0) is 11.4. The minimum atomic E-state index is -0.819. The molecule has 2 N–H and O–H groups in total. The summed E-state index contributed by atoms with van der Waals surface area (Å²) in [6.45, 7) is 2.96. The number of rotatable bonds is 5. The number of aliphatic hydroxyl groups is 1. The Kier molecular flexibility index (Phi) is 3.43. The first-order chi connectivity index (χ1) is 7.68. The highest BCUT2D eigenvalue weighted by atomic mass is 32.1. The molecule has 0 spiro atoms. The molecule has 0 aliphatic carbocycles. The molecule has 86 valence electrons. The molecule has 1 unspecified atom stereocenters. The van der Waals surface area contributed by atoms with Crippen LogP contribution >= 0.6 is 11.3 Å². The summed E-state index contributed by atoms with van der Waals surface area (Å²) in [5.74, 6) is 0.877. The van der Waals surface area contributed by atoms with Crippen LogP contribution in [-0.4, -0.2) is 11.7 Å². The van der Waals surface area contributed by atoms with Crippen molar-refractivity contribution in [2.75, 3.05) is 6.54 Å². The predicted molar refractivity (Wildman–Crippen MR) is 64.3 cm³/mol. The lowest BCUT2D eigenvalue weighted by Crippen LogP contribution is -2.34. The minimum absolute atomic E-state index is 0.508. The van der Waals surface area contributed by atoms with Crippen molar-refractivity contribution >= 4 is 11.3 Å². The van der Waals surface area contributed by atoms with Crippen LogP contribution in [0.5, 0.6) is 0 Å². The summed E-state index contributed by atoms with van der Waals surface area (Å²) < 4.78 is 5.20. The standard InChI is InChI=1S/C12H15NO2S/c1-12(14,11-5-3-7-16-11)9-13-8-10-4-2-6-15-10/h2-7,13-14H,8-9H2,1H3. The molecule has 0 aromatic carbocycles. The summed E-state index contributed by atoms with van der Waals surface area (Å²) in [7, 11) is 0. The van der Waals surface area contributed by atoms with E-state index in [1.165, 1.54) is 0 Å². The molecule has 3 nitrogen and oxygen atoms in total. The zero-order valence-electron chi connectivity index (χ0n) is 9.14. The monoisotopic (exact) mass is 237 g/mol. The lowest BCUT2D eigenvalue weighted by molar-refractivity contribution is 0.0600. The third kappa shape index (κ3) is 2.72. The molecule has 0 radical (unpaired) electrons. The zero-order valence-corrected chi connectivity index (χ0v) is 9.96. The van der Waals surface area contributed by atoms with Gasteiger partial charge < -0.3 is 14.8 Å². The summed E-state index contributed by atoms with van der Waals surface area (Å²) in [5, 5.41) is 15.4. The second kappa shape index (κ2) is 4.82. The van der Waals surface area contributed by atoms with E-state index in [0.717, 1.165) is 10.6 Å². The second-order valence-corrected chi connectivity index (χ2v) is 4.88. The summed E-state index contributed by atoms with van der Waals surface area (Å²) >= 11 is 1.56. The molecule has 0 aliphatic heterocycles. The predicted octanol–water partition coefficient (Wildman–Crippen LogP) is 2.34. The molecule has 2 aromatic rings. The van der Waals surface area contributed by atoms with Gasteiger partial charge in [-0.05, 0) is 30.5 Å².